The number of aliphatic hydroxyl groups excluding tert-OH is 1. The van der Waals surface area contributed by atoms with Crippen LogP contribution in [0.4, 0.5) is 22.4 Å². The van der Waals surface area contributed by atoms with Gasteiger partial charge >= 0.3 is 6.09 Å². The summed E-state index contributed by atoms with van der Waals surface area (Å²) in [6.45, 7) is 24.9. The molecule has 5 aromatic rings. The molecule has 364 valence electrons. The van der Waals surface area contributed by atoms with E-state index in [1.807, 2.05) is 58.0 Å². The molecule has 1 aliphatic rings. The highest BCUT2D eigenvalue weighted by Crippen LogP contribution is 2.37. The van der Waals surface area contributed by atoms with Crippen LogP contribution in [-0.4, -0.2) is 108 Å². The first kappa shape index (κ1) is 50.9. The number of aromatic nitrogens is 5. The second kappa shape index (κ2) is 21.7. The number of nitrogens with zero attached hydrogens (tertiary/aromatic N) is 8. The minimum atomic E-state index is -2.06. The van der Waals surface area contributed by atoms with Crippen LogP contribution in [0.2, 0.25) is 18.1 Å². The molecule has 1 fully saturated rings. The fraction of sp³-hybridized carbons (Fsp3) is 0.549. The Morgan fingerprint density at radius 3 is 2.04 bits per heavy atom. The highest BCUT2D eigenvalue weighted by molar-refractivity contribution is 6.74. The van der Waals surface area contributed by atoms with Crippen molar-refractivity contribution in [3.8, 4) is 11.5 Å². The zero-order valence-electron chi connectivity index (χ0n) is 42.2. The van der Waals surface area contributed by atoms with Gasteiger partial charge in [0.25, 0.3) is 0 Å². The molecule has 6 rings (SSSR count). The molecule has 3 aromatic heterocycles. The lowest BCUT2D eigenvalue weighted by molar-refractivity contribution is 0.0266. The number of fused-ring (bicyclic) bond motifs is 1. The van der Waals surface area contributed by atoms with Crippen molar-refractivity contribution in [3.63, 3.8) is 0 Å². The molecule has 0 bridgehead atoms. The maximum atomic E-state index is 12.6. The van der Waals surface area contributed by atoms with Crippen LogP contribution >= 0.6 is 0 Å². The Morgan fingerprint density at radius 1 is 0.925 bits per heavy atom. The van der Waals surface area contributed by atoms with Gasteiger partial charge < -0.3 is 43.8 Å². The Bertz CT molecular complexity index is 2340. The van der Waals surface area contributed by atoms with E-state index in [1.165, 1.54) is 0 Å². The van der Waals surface area contributed by atoms with Crippen LogP contribution in [0.1, 0.15) is 108 Å². The van der Waals surface area contributed by atoms with E-state index < -0.39 is 20.0 Å². The van der Waals surface area contributed by atoms with Gasteiger partial charge in [-0.15, -0.1) is 5.10 Å². The topological polar surface area (TPSA) is 152 Å². The molecule has 15 nitrogen and oxygen atoms in total. The fourth-order valence-corrected chi connectivity index (χ4v) is 9.13. The fourth-order valence-electron chi connectivity index (χ4n) is 8.08. The molecule has 2 unspecified atom stereocenters. The number of amides is 1. The van der Waals surface area contributed by atoms with Gasteiger partial charge in [0.15, 0.2) is 19.8 Å². The van der Waals surface area contributed by atoms with E-state index in [2.05, 4.69) is 80.2 Å². The smallest absolute Gasteiger partial charge is 0.410 e. The largest absolute Gasteiger partial charge is 0.497 e. The van der Waals surface area contributed by atoms with Gasteiger partial charge in [-0.25, -0.2) is 19.3 Å². The van der Waals surface area contributed by atoms with E-state index in [0.717, 1.165) is 72.8 Å². The summed E-state index contributed by atoms with van der Waals surface area (Å²) in [5, 5.41) is 21.1. The third-order valence-corrected chi connectivity index (χ3v) is 17.5. The lowest BCUT2D eigenvalue weighted by atomic mass is 9.96. The summed E-state index contributed by atoms with van der Waals surface area (Å²) in [6.07, 6.45) is 5.69. The molecular weight excluding hydrogens is 863 g/mol. The maximum absolute atomic E-state index is 12.6. The molecule has 1 aliphatic heterocycles. The number of rotatable bonds is 19. The predicted molar refractivity (Wildman–Crippen MR) is 269 cm³/mol. The average Bonchev–Trinajstić information content (AvgIpc) is 3.71. The Kier molecular flexibility index (Phi) is 16.5. The molecule has 2 aromatic carbocycles. The Hall–Kier alpha value is -5.45. The lowest BCUT2D eigenvalue weighted by Gasteiger charge is -2.37. The normalized spacial score (nSPS) is 14.7. The first-order valence-electron chi connectivity index (χ1n) is 23.7. The SMILES string of the molecule is CCCC(CO[Si](C)(C)C(C)(C)C)Nc1nc(N(Cc2ccc(OC)cc2)Cc2ccc(OC)cc2)c2ncc(C(O)c3cnc(N4CCC(CN(C)C(=O)OC(C)(C)C)CC4)c(C)c3)n2n1. The third kappa shape index (κ3) is 13.2. The van der Waals surface area contributed by atoms with Crippen molar-refractivity contribution in [1.29, 1.82) is 0 Å². The van der Waals surface area contributed by atoms with Gasteiger partial charge in [-0.2, -0.15) is 4.98 Å². The van der Waals surface area contributed by atoms with Gasteiger partial charge in [-0.05, 0) is 118 Å². The summed E-state index contributed by atoms with van der Waals surface area (Å²) in [7, 11) is 3.08. The highest BCUT2D eigenvalue weighted by Gasteiger charge is 2.38. The number of methoxy groups -OCH3 is 2. The number of carbonyl (C=O) groups is 1. The summed E-state index contributed by atoms with van der Waals surface area (Å²) >= 11 is 0. The minimum absolute atomic E-state index is 0.0572. The lowest BCUT2D eigenvalue weighted by Crippen LogP contribution is -2.43. The molecule has 0 spiro atoms. The second-order valence-electron chi connectivity index (χ2n) is 20.5. The monoisotopic (exact) mass is 938 g/mol. The molecule has 0 aliphatic carbocycles. The predicted octanol–water partition coefficient (Wildman–Crippen LogP) is 9.82. The number of nitrogens with one attached hydrogen (secondary N) is 1. The van der Waals surface area contributed by atoms with Gasteiger partial charge in [-0.3, -0.25) is 0 Å². The van der Waals surface area contributed by atoms with Gasteiger partial charge in [0.05, 0.1) is 38.8 Å². The van der Waals surface area contributed by atoms with Crippen LogP contribution in [0, 0.1) is 12.8 Å². The molecule has 67 heavy (non-hydrogen) atoms. The number of ether oxygens (including phenoxy) is 3. The van der Waals surface area contributed by atoms with Crippen molar-refractivity contribution in [1.82, 2.24) is 29.5 Å². The van der Waals surface area contributed by atoms with Crippen LogP contribution in [-0.2, 0) is 22.3 Å². The second-order valence-corrected chi connectivity index (χ2v) is 25.3. The number of aryl methyl sites for hydroxylation is 1. The van der Waals surface area contributed by atoms with Crippen molar-refractivity contribution in [2.24, 2.45) is 5.92 Å². The number of carbonyl (C=O) groups excluding carboxylic acids is 1. The van der Waals surface area contributed by atoms with Crippen molar-refractivity contribution in [3.05, 3.63) is 94.9 Å². The van der Waals surface area contributed by atoms with Gasteiger partial charge in [0.1, 0.15) is 29.0 Å². The third-order valence-electron chi connectivity index (χ3n) is 13.0. The van der Waals surface area contributed by atoms with Gasteiger partial charge in [0, 0.05) is 51.5 Å². The van der Waals surface area contributed by atoms with E-state index >= 15 is 0 Å². The molecule has 2 atom stereocenters. The van der Waals surface area contributed by atoms with Crippen molar-refractivity contribution >= 4 is 37.6 Å². The zero-order chi connectivity index (χ0) is 48.7. The number of anilines is 3. The first-order valence-corrected chi connectivity index (χ1v) is 26.6. The molecule has 1 saturated heterocycles. The molecule has 4 heterocycles. The van der Waals surface area contributed by atoms with E-state index in [-0.39, 0.29) is 17.2 Å². The number of pyridine rings is 1. The van der Waals surface area contributed by atoms with Crippen LogP contribution in [0.5, 0.6) is 11.5 Å². The Labute approximate surface area is 399 Å². The molecule has 16 heteroatoms. The highest BCUT2D eigenvalue weighted by atomic mass is 28.4. The zero-order valence-corrected chi connectivity index (χ0v) is 43.2. The number of aliphatic hydroxyl groups is 1. The van der Waals surface area contributed by atoms with Crippen molar-refractivity contribution < 1.29 is 28.5 Å². The number of hydrogen-bond donors (Lipinski definition) is 2. The van der Waals surface area contributed by atoms with Gasteiger partial charge in [-0.1, -0.05) is 58.4 Å². The number of benzene rings is 2. The number of piperidine rings is 1. The Morgan fingerprint density at radius 2 is 1.52 bits per heavy atom. The Balaban J connectivity index is 1.33. The molecular formula is C51H75N9O6Si. The quantitative estimate of drug-likeness (QED) is 0.0757. The molecule has 1 amide bonds. The summed E-state index contributed by atoms with van der Waals surface area (Å²) in [6, 6.07) is 18.0. The minimum Gasteiger partial charge on any atom is -0.497 e. The van der Waals surface area contributed by atoms with Crippen LogP contribution < -0.4 is 24.6 Å². The average molecular weight is 938 g/mol. The van der Waals surface area contributed by atoms with Gasteiger partial charge in [0.2, 0.25) is 5.95 Å². The summed E-state index contributed by atoms with van der Waals surface area (Å²) < 4.78 is 25.0. The van der Waals surface area contributed by atoms with E-state index in [1.54, 1.807) is 43.1 Å². The first-order chi connectivity index (χ1) is 31.7. The van der Waals surface area contributed by atoms with E-state index in [0.29, 0.717) is 60.8 Å². The van der Waals surface area contributed by atoms with Crippen LogP contribution in [0.25, 0.3) is 5.65 Å². The summed E-state index contributed by atoms with van der Waals surface area (Å²) in [5.41, 5.74) is 4.16. The molecule has 0 saturated carbocycles. The molecule has 2 N–H and O–H groups in total. The van der Waals surface area contributed by atoms with Crippen LogP contribution in [0.3, 0.4) is 0 Å². The van der Waals surface area contributed by atoms with Crippen molar-refractivity contribution in [2.75, 3.05) is 62.6 Å². The van der Waals surface area contributed by atoms with E-state index in [4.69, 9.17) is 38.7 Å². The standard InChI is InChI=1S/C51H75N9O6Si/c1-14-15-40(34-65-67(12,13)51(6,7)8)54-48-55-47(59(32-36-16-20-41(63-10)21-17-36)33-37-18-22-42(64-11)23-19-37)46-53-30-43(60(46)56-48)44(61)39-28-35(2)45(52-29-39)58-26-24-38(25-27-58)31-57(9)49(62)66-50(3,4)5/h16-23,28-30,38,40,44,61H,14-15,24-27,31-34H2,1-13H3,(H,54,56). The van der Waals surface area contributed by atoms with Crippen LogP contribution in [0.15, 0.2) is 67.0 Å². The number of hydrogen-bond acceptors (Lipinski definition) is 13. The van der Waals surface area contributed by atoms with Crippen molar-refractivity contribution in [2.45, 2.75) is 130 Å². The summed E-state index contributed by atoms with van der Waals surface area (Å²) in [5.74, 6) is 3.82. The van der Waals surface area contributed by atoms with E-state index in [9.17, 15) is 9.90 Å². The molecule has 0 radical (unpaired) electrons. The summed E-state index contributed by atoms with van der Waals surface area (Å²) in [4.78, 5) is 33.9. The number of imidazole rings is 1. The maximum Gasteiger partial charge on any atom is 0.410 e.